The van der Waals surface area contributed by atoms with E-state index in [0.29, 0.717) is 25.9 Å². The first-order valence-corrected chi connectivity index (χ1v) is 35.1. The van der Waals surface area contributed by atoms with Crippen molar-refractivity contribution in [1.29, 1.82) is 0 Å². The molecule has 0 aliphatic carbocycles. The summed E-state index contributed by atoms with van der Waals surface area (Å²) in [6, 6.07) is -0.539. The Hall–Kier alpha value is -1.66. The van der Waals surface area contributed by atoms with Gasteiger partial charge in [0.2, 0.25) is 5.91 Å². The minimum absolute atomic E-state index is 0.0144. The summed E-state index contributed by atoms with van der Waals surface area (Å²) in [5, 5.41) is 23.3. The van der Waals surface area contributed by atoms with E-state index in [1.807, 2.05) is 0 Å². The Balaban J connectivity index is 3.34. The molecule has 0 aromatic rings. The lowest BCUT2D eigenvalue weighted by Gasteiger charge is -2.22. The SMILES string of the molecule is CCCCCCCC/C=C\CCCCCCCCCC(=O)OCCCCCCCCCCCCCC/C=C\CCCCCCCCCCCCCCCCC(=O)NC(CO)C(O)CCCCCCCCCCCCCCC. The first-order chi connectivity index (χ1) is 38.0. The number of esters is 1. The van der Waals surface area contributed by atoms with Gasteiger partial charge in [-0.05, 0) is 77.0 Å². The number of rotatable bonds is 66. The zero-order valence-electron chi connectivity index (χ0n) is 52.2. The van der Waals surface area contributed by atoms with Gasteiger partial charge in [0.05, 0.1) is 25.4 Å². The van der Waals surface area contributed by atoms with Crippen LogP contribution in [-0.2, 0) is 14.3 Å². The summed E-state index contributed by atoms with van der Waals surface area (Å²) < 4.78 is 5.50. The second kappa shape index (κ2) is 66.8. The van der Waals surface area contributed by atoms with Gasteiger partial charge >= 0.3 is 5.97 Å². The molecule has 0 aromatic heterocycles. The molecule has 2 unspecified atom stereocenters. The van der Waals surface area contributed by atoms with Gasteiger partial charge in [0.15, 0.2) is 0 Å². The third-order valence-corrected chi connectivity index (χ3v) is 16.5. The molecule has 456 valence electrons. The van der Waals surface area contributed by atoms with E-state index in [9.17, 15) is 19.8 Å². The number of carbonyl (C=O) groups is 2. The number of hydrogen-bond donors (Lipinski definition) is 3. The Kier molecular flexibility index (Phi) is 65.4. The van der Waals surface area contributed by atoms with Gasteiger partial charge in [-0.25, -0.2) is 0 Å². The first kappa shape index (κ1) is 75.3. The highest BCUT2D eigenvalue weighted by Crippen LogP contribution is 2.18. The van der Waals surface area contributed by atoms with Crippen molar-refractivity contribution in [2.75, 3.05) is 13.2 Å². The molecule has 6 heteroatoms. The molecule has 0 rings (SSSR count). The van der Waals surface area contributed by atoms with Gasteiger partial charge in [-0.1, -0.05) is 327 Å². The normalized spacial score (nSPS) is 12.6. The van der Waals surface area contributed by atoms with E-state index in [4.69, 9.17) is 4.74 Å². The van der Waals surface area contributed by atoms with Crippen LogP contribution in [-0.4, -0.2) is 47.4 Å². The molecule has 77 heavy (non-hydrogen) atoms. The van der Waals surface area contributed by atoms with E-state index in [1.54, 1.807) is 0 Å². The Morgan fingerprint density at radius 1 is 0.351 bits per heavy atom. The molecule has 6 nitrogen and oxygen atoms in total. The van der Waals surface area contributed by atoms with Gasteiger partial charge in [-0.3, -0.25) is 9.59 Å². The monoisotopic (exact) mass is 1080 g/mol. The van der Waals surface area contributed by atoms with Crippen molar-refractivity contribution in [3.05, 3.63) is 24.3 Å². The molecule has 1 amide bonds. The highest BCUT2D eigenvalue weighted by molar-refractivity contribution is 5.76. The van der Waals surface area contributed by atoms with Crippen LogP contribution in [0.15, 0.2) is 24.3 Å². The molecule has 0 aliphatic rings. The number of nitrogens with one attached hydrogen (secondary N) is 1. The van der Waals surface area contributed by atoms with Crippen LogP contribution < -0.4 is 5.32 Å². The number of allylic oxidation sites excluding steroid dienone is 4. The summed E-state index contributed by atoms with van der Waals surface area (Å²) in [7, 11) is 0. The van der Waals surface area contributed by atoms with Crippen molar-refractivity contribution >= 4 is 11.9 Å². The van der Waals surface area contributed by atoms with Gasteiger partial charge in [-0.15, -0.1) is 0 Å². The average Bonchev–Trinajstić information content (AvgIpc) is 3.43. The van der Waals surface area contributed by atoms with Crippen molar-refractivity contribution in [3.8, 4) is 0 Å². The van der Waals surface area contributed by atoms with Gasteiger partial charge in [-0.2, -0.15) is 0 Å². The van der Waals surface area contributed by atoms with Crippen LogP contribution in [0.1, 0.15) is 393 Å². The number of aliphatic hydroxyl groups is 2. The summed E-state index contributed by atoms with van der Waals surface area (Å²) in [5.41, 5.74) is 0. The largest absolute Gasteiger partial charge is 0.466 e. The summed E-state index contributed by atoms with van der Waals surface area (Å²) in [6.07, 6.45) is 83.7. The highest BCUT2D eigenvalue weighted by atomic mass is 16.5. The lowest BCUT2D eigenvalue weighted by Crippen LogP contribution is -2.45. The standard InChI is InChI=1S/C71H137NO5/c1-3-5-7-9-11-13-15-17-18-33-37-41-45-49-53-57-61-65-71(76)77-66-62-58-54-50-46-42-38-35-32-30-28-26-24-22-20-19-21-23-25-27-29-31-34-36-40-44-48-52-56-60-64-70(75)72-68(67-73)69(74)63-59-55-51-47-43-39-16-14-12-10-8-6-4-2/h17-18,20,22,68-69,73-74H,3-16,19,21,23-67H2,1-2H3,(H,72,75)/b18-17-,22-20-. The topological polar surface area (TPSA) is 95.9 Å². The number of carbonyl (C=O) groups excluding carboxylic acids is 2. The predicted molar refractivity (Wildman–Crippen MR) is 338 cm³/mol. The van der Waals surface area contributed by atoms with E-state index in [0.717, 1.165) is 44.9 Å². The Morgan fingerprint density at radius 2 is 0.610 bits per heavy atom. The second-order valence-corrected chi connectivity index (χ2v) is 24.2. The fourth-order valence-electron chi connectivity index (χ4n) is 11.1. The lowest BCUT2D eigenvalue weighted by molar-refractivity contribution is -0.143. The summed E-state index contributed by atoms with van der Waals surface area (Å²) >= 11 is 0. The van der Waals surface area contributed by atoms with E-state index < -0.39 is 12.1 Å². The fraction of sp³-hybridized carbons (Fsp3) is 0.915. The smallest absolute Gasteiger partial charge is 0.305 e. The molecule has 3 N–H and O–H groups in total. The maximum atomic E-state index is 12.5. The summed E-state index contributed by atoms with van der Waals surface area (Å²) in [4.78, 5) is 24.6. The zero-order chi connectivity index (χ0) is 55.7. The number of ether oxygens (including phenoxy) is 1. The van der Waals surface area contributed by atoms with Crippen molar-refractivity contribution < 1.29 is 24.5 Å². The Bertz CT molecular complexity index is 1200. The van der Waals surface area contributed by atoms with Crippen LogP contribution in [0.2, 0.25) is 0 Å². The van der Waals surface area contributed by atoms with Gasteiger partial charge < -0.3 is 20.3 Å². The van der Waals surface area contributed by atoms with Crippen LogP contribution in [0.3, 0.4) is 0 Å². The van der Waals surface area contributed by atoms with E-state index in [1.165, 1.54) is 315 Å². The van der Waals surface area contributed by atoms with Crippen LogP contribution >= 0.6 is 0 Å². The number of amides is 1. The third-order valence-electron chi connectivity index (χ3n) is 16.5. The quantitative estimate of drug-likeness (QED) is 0.0320. The minimum Gasteiger partial charge on any atom is -0.466 e. The maximum absolute atomic E-state index is 12.5. The zero-order valence-corrected chi connectivity index (χ0v) is 52.2. The van der Waals surface area contributed by atoms with Crippen molar-refractivity contribution in [2.24, 2.45) is 0 Å². The first-order valence-electron chi connectivity index (χ1n) is 35.1. The third kappa shape index (κ3) is 63.4. The molecule has 0 aromatic carbocycles. The molecule has 0 heterocycles. The van der Waals surface area contributed by atoms with Gasteiger partial charge in [0, 0.05) is 12.8 Å². The van der Waals surface area contributed by atoms with Crippen LogP contribution in [0.4, 0.5) is 0 Å². The molecule has 0 spiro atoms. The summed E-state index contributed by atoms with van der Waals surface area (Å²) in [6.45, 7) is 4.97. The van der Waals surface area contributed by atoms with Crippen molar-refractivity contribution in [3.63, 3.8) is 0 Å². The molecule has 0 aliphatic heterocycles. The lowest BCUT2D eigenvalue weighted by atomic mass is 10.0. The maximum Gasteiger partial charge on any atom is 0.305 e. The number of hydrogen-bond acceptors (Lipinski definition) is 5. The van der Waals surface area contributed by atoms with Crippen LogP contribution in [0, 0.1) is 0 Å². The molecule has 0 saturated heterocycles. The van der Waals surface area contributed by atoms with E-state index in [-0.39, 0.29) is 18.5 Å². The molecular formula is C71H137NO5. The highest BCUT2D eigenvalue weighted by Gasteiger charge is 2.20. The van der Waals surface area contributed by atoms with E-state index >= 15 is 0 Å². The van der Waals surface area contributed by atoms with Crippen molar-refractivity contribution in [1.82, 2.24) is 5.32 Å². The second-order valence-electron chi connectivity index (χ2n) is 24.2. The minimum atomic E-state index is -0.662. The van der Waals surface area contributed by atoms with Gasteiger partial charge in [0.25, 0.3) is 0 Å². The molecule has 0 bridgehead atoms. The van der Waals surface area contributed by atoms with E-state index in [2.05, 4.69) is 43.5 Å². The van der Waals surface area contributed by atoms with Gasteiger partial charge in [0.1, 0.15) is 0 Å². The summed E-state index contributed by atoms with van der Waals surface area (Å²) in [5.74, 6) is -0.0172. The molecule has 2 atom stereocenters. The number of aliphatic hydroxyl groups excluding tert-OH is 2. The molecular weight excluding hydrogens is 947 g/mol. The molecule has 0 saturated carbocycles. The number of unbranched alkanes of at least 4 members (excludes halogenated alkanes) is 51. The Morgan fingerprint density at radius 3 is 0.922 bits per heavy atom. The van der Waals surface area contributed by atoms with Crippen LogP contribution in [0.25, 0.3) is 0 Å². The predicted octanol–water partition coefficient (Wildman–Crippen LogP) is 22.5. The van der Waals surface area contributed by atoms with Crippen molar-refractivity contribution in [2.45, 2.75) is 405 Å². The Labute approximate surface area is 481 Å². The molecule has 0 radical (unpaired) electrons. The average molecular weight is 1080 g/mol. The fourth-order valence-corrected chi connectivity index (χ4v) is 11.1. The molecule has 0 fully saturated rings. The van der Waals surface area contributed by atoms with Crippen LogP contribution in [0.5, 0.6) is 0 Å².